The number of thioether (sulfide) groups is 1. The topological polar surface area (TPSA) is 86.0 Å². The standard InChI is InChI=1S/C23H28N6O2S/c1-15-13-16(2)25-23(24-15)32-14-20-21(22(30)28-12-6-5-7-17(28)3)26-27-29(20)18-8-10-19(31-4)11-9-18/h8-11,13,17H,5-7,12,14H2,1-4H3. The Balaban J connectivity index is 1.69. The maximum atomic E-state index is 13.4. The molecule has 0 spiro atoms. The molecule has 1 atom stereocenters. The Morgan fingerprint density at radius 2 is 1.88 bits per heavy atom. The van der Waals surface area contributed by atoms with E-state index in [4.69, 9.17) is 4.74 Å². The van der Waals surface area contributed by atoms with Crippen LogP contribution in [0.4, 0.5) is 0 Å². The molecule has 4 rings (SSSR count). The number of carbonyl (C=O) groups is 1. The molecule has 32 heavy (non-hydrogen) atoms. The number of aromatic nitrogens is 5. The zero-order valence-corrected chi connectivity index (χ0v) is 19.7. The first kappa shape index (κ1) is 22.3. The van der Waals surface area contributed by atoms with Crippen molar-refractivity contribution < 1.29 is 9.53 Å². The molecule has 0 N–H and O–H groups in total. The molecule has 1 aliphatic rings. The summed E-state index contributed by atoms with van der Waals surface area (Å²) in [4.78, 5) is 24.4. The number of nitrogens with zero attached hydrogens (tertiary/aromatic N) is 6. The van der Waals surface area contributed by atoms with E-state index in [1.807, 2.05) is 49.1 Å². The first-order valence-electron chi connectivity index (χ1n) is 10.8. The van der Waals surface area contributed by atoms with Crippen LogP contribution in [0.5, 0.6) is 5.75 Å². The van der Waals surface area contributed by atoms with Gasteiger partial charge in [0.15, 0.2) is 10.9 Å². The SMILES string of the molecule is COc1ccc(-n2nnc(C(=O)N3CCCCC3C)c2CSc2nc(C)cc(C)n2)cc1. The summed E-state index contributed by atoms with van der Waals surface area (Å²) in [5.74, 6) is 1.17. The minimum absolute atomic E-state index is 0.0612. The number of amides is 1. The first-order chi connectivity index (χ1) is 15.5. The van der Waals surface area contributed by atoms with Crippen LogP contribution < -0.4 is 4.74 Å². The van der Waals surface area contributed by atoms with Gasteiger partial charge in [-0.25, -0.2) is 14.6 Å². The van der Waals surface area contributed by atoms with Crippen LogP contribution in [-0.2, 0) is 5.75 Å². The van der Waals surface area contributed by atoms with Gasteiger partial charge >= 0.3 is 0 Å². The second-order valence-corrected chi connectivity index (χ2v) is 9.00. The third-order valence-electron chi connectivity index (χ3n) is 5.65. The second-order valence-electron chi connectivity index (χ2n) is 8.06. The van der Waals surface area contributed by atoms with Crippen molar-refractivity contribution in [2.45, 2.75) is 57.0 Å². The lowest BCUT2D eigenvalue weighted by Gasteiger charge is -2.33. The highest BCUT2D eigenvalue weighted by Gasteiger charge is 2.29. The van der Waals surface area contributed by atoms with Crippen LogP contribution in [-0.4, -0.2) is 55.5 Å². The fraction of sp³-hybridized carbons (Fsp3) is 0.435. The summed E-state index contributed by atoms with van der Waals surface area (Å²) in [6.45, 7) is 6.76. The van der Waals surface area contributed by atoms with E-state index >= 15 is 0 Å². The van der Waals surface area contributed by atoms with Crippen LogP contribution in [0.15, 0.2) is 35.5 Å². The normalized spacial score (nSPS) is 16.2. The number of benzene rings is 1. The molecule has 3 heterocycles. The lowest BCUT2D eigenvalue weighted by molar-refractivity contribution is 0.0628. The van der Waals surface area contributed by atoms with Crippen LogP contribution in [0.3, 0.4) is 0 Å². The predicted molar refractivity (Wildman–Crippen MR) is 123 cm³/mol. The number of methoxy groups -OCH3 is 1. The Morgan fingerprint density at radius 3 is 2.53 bits per heavy atom. The van der Waals surface area contributed by atoms with Crippen LogP contribution in [0.2, 0.25) is 0 Å². The van der Waals surface area contributed by atoms with Crippen molar-refractivity contribution in [1.29, 1.82) is 0 Å². The van der Waals surface area contributed by atoms with E-state index in [0.29, 0.717) is 16.6 Å². The van der Waals surface area contributed by atoms with E-state index in [-0.39, 0.29) is 11.9 Å². The lowest BCUT2D eigenvalue weighted by atomic mass is 10.0. The summed E-state index contributed by atoms with van der Waals surface area (Å²) < 4.78 is 7.00. The molecular formula is C23H28N6O2S. The molecule has 1 aromatic carbocycles. The number of carbonyl (C=O) groups excluding carboxylic acids is 1. The van der Waals surface area contributed by atoms with Gasteiger partial charge in [0, 0.05) is 29.7 Å². The highest BCUT2D eigenvalue weighted by molar-refractivity contribution is 7.98. The summed E-state index contributed by atoms with van der Waals surface area (Å²) in [6.07, 6.45) is 3.18. The fourth-order valence-corrected chi connectivity index (χ4v) is 4.90. The molecular weight excluding hydrogens is 424 g/mol. The molecule has 1 fully saturated rings. The van der Waals surface area contributed by atoms with E-state index in [9.17, 15) is 4.79 Å². The Morgan fingerprint density at radius 1 is 1.16 bits per heavy atom. The first-order valence-corrected chi connectivity index (χ1v) is 11.8. The van der Waals surface area contributed by atoms with Crippen molar-refractivity contribution in [3.8, 4) is 11.4 Å². The second kappa shape index (κ2) is 9.68. The van der Waals surface area contributed by atoms with Gasteiger partial charge < -0.3 is 9.64 Å². The predicted octanol–water partition coefficient (Wildman–Crippen LogP) is 3.99. The van der Waals surface area contributed by atoms with Crippen LogP contribution in [0.1, 0.15) is 53.8 Å². The van der Waals surface area contributed by atoms with Gasteiger partial charge in [0.2, 0.25) is 0 Å². The highest BCUT2D eigenvalue weighted by atomic mass is 32.2. The van der Waals surface area contributed by atoms with Crippen LogP contribution in [0.25, 0.3) is 5.69 Å². The molecule has 0 aliphatic carbocycles. The molecule has 168 valence electrons. The van der Waals surface area contributed by atoms with E-state index in [1.54, 1.807) is 11.8 Å². The maximum absolute atomic E-state index is 13.4. The number of rotatable bonds is 6. The number of piperidine rings is 1. The number of likely N-dealkylation sites (tertiary alicyclic amines) is 1. The monoisotopic (exact) mass is 452 g/mol. The average Bonchev–Trinajstić information content (AvgIpc) is 3.21. The molecule has 0 radical (unpaired) electrons. The molecule has 2 aromatic heterocycles. The third kappa shape index (κ3) is 4.77. The Hall–Kier alpha value is -2.94. The molecule has 1 amide bonds. The summed E-state index contributed by atoms with van der Waals surface area (Å²) >= 11 is 1.48. The summed E-state index contributed by atoms with van der Waals surface area (Å²) in [5.41, 5.74) is 3.79. The van der Waals surface area contributed by atoms with E-state index in [2.05, 4.69) is 27.2 Å². The Labute approximate surface area is 192 Å². The third-order valence-corrected chi connectivity index (χ3v) is 6.50. The molecule has 8 nitrogen and oxygen atoms in total. The van der Waals surface area contributed by atoms with E-state index in [0.717, 1.165) is 54.3 Å². The Bertz CT molecular complexity index is 1080. The quantitative estimate of drug-likeness (QED) is 0.413. The van der Waals surface area contributed by atoms with Gasteiger partial charge in [0.1, 0.15) is 5.75 Å². The van der Waals surface area contributed by atoms with E-state index in [1.165, 1.54) is 11.8 Å². The van der Waals surface area contributed by atoms with Gasteiger partial charge in [0.25, 0.3) is 5.91 Å². The van der Waals surface area contributed by atoms with Gasteiger partial charge in [0.05, 0.1) is 18.5 Å². The molecule has 9 heteroatoms. The zero-order valence-electron chi connectivity index (χ0n) is 18.9. The minimum Gasteiger partial charge on any atom is -0.497 e. The smallest absolute Gasteiger partial charge is 0.276 e. The van der Waals surface area contributed by atoms with Crippen molar-refractivity contribution in [3.63, 3.8) is 0 Å². The molecule has 1 aliphatic heterocycles. The van der Waals surface area contributed by atoms with Crippen molar-refractivity contribution in [3.05, 3.63) is 53.1 Å². The summed E-state index contributed by atoms with van der Waals surface area (Å²) in [7, 11) is 1.63. The number of aryl methyl sites for hydroxylation is 2. The van der Waals surface area contributed by atoms with Crippen LogP contribution >= 0.6 is 11.8 Å². The van der Waals surface area contributed by atoms with Gasteiger partial charge in [-0.1, -0.05) is 17.0 Å². The van der Waals surface area contributed by atoms with E-state index < -0.39 is 0 Å². The average molecular weight is 453 g/mol. The van der Waals surface area contributed by atoms with Crippen LogP contribution in [0, 0.1) is 13.8 Å². The van der Waals surface area contributed by atoms with Crippen molar-refractivity contribution in [1.82, 2.24) is 29.9 Å². The number of hydrogen-bond acceptors (Lipinski definition) is 7. The molecule has 3 aromatic rings. The Kier molecular flexibility index (Phi) is 6.74. The van der Waals surface area contributed by atoms with Crippen molar-refractivity contribution in [2.24, 2.45) is 0 Å². The van der Waals surface area contributed by atoms with Crippen molar-refractivity contribution >= 4 is 17.7 Å². The molecule has 0 saturated carbocycles. The maximum Gasteiger partial charge on any atom is 0.276 e. The largest absolute Gasteiger partial charge is 0.497 e. The van der Waals surface area contributed by atoms with Gasteiger partial charge in [-0.15, -0.1) is 5.10 Å². The molecule has 1 unspecified atom stereocenters. The fourth-order valence-electron chi connectivity index (χ4n) is 3.95. The van der Waals surface area contributed by atoms with Crippen molar-refractivity contribution in [2.75, 3.05) is 13.7 Å². The summed E-state index contributed by atoms with van der Waals surface area (Å²) in [5, 5.41) is 9.36. The highest BCUT2D eigenvalue weighted by Crippen LogP contribution is 2.27. The van der Waals surface area contributed by atoms with Gasteiger partial charge in [-0.2, -0.15) is 0 Å². The summed E-state index contributed by atoms with van der Waals surface area (Å²) in [6, 6.07) is 9.70. The molecule has 0 bridgehead atoms. The molecule has 1 saturated heterocycles. The van der Waals surface area contributed by atoms with Gasteiger partial charge in [-0.05, 0) is 70.4 Å². The number of ether oxygens (including phenoxy) is 1. The zero-order chi connectivity index (χ0) is 22.7. The minimum atomic E-state index is -0.0612. The van der Waals surface area contributed by atoms with Gasteiger partial charge in [-0.3, -0.25) is 4.79 Å². The lowest BCUT2D eigenvalue weighted by Crippen LogP contribution is -2.42. The number of hydrogen-bond donors (Lipinski definition) is 0.